The Bertz CT molecular complexity index is 787. The minimum atomic E-state index is -0.500. The maximum Gasteiger partial charge on any atom is 0.265 e. The van der Waals surface area contributed by atoms with Gasteiger partial charge in [-0.1, -0.05) is 23.4 Å². The Hall–Kier alpha value is -1.72. The van der Waals surface area contributed by atoms with Crippen LogP contribution in [0.25, 0.3) is 0 Å². The van der Waals surface area contributed by atoms with Crippen LogP contribution in [-0.4, -0.2) is 29.8 Å². The summed E-state index contributed by atoms with van der Waals surface area (Å²) in [5.74, 6) is -0.841. The number of ether oxygens (including phenoxy) is 2. The fourth-order valence-electron chi connectivity index (χ4n) is 3.55. The second-order valence-electron chi connectivity index (χ2n) is 6.61. The van der Waals surface area contributed by atoms with Crippen LogP contribution in [0.1, 0.15) is 25.7 Å². The highest BCUT2D eigenvalue weighted by molar-refractivity contribution is 8.04. The van der Waals surface area contributed by atoms with E-state index in [1.54, 1.807) is 12.1 Å². The predicted octanol–water partition coefficient (Wildman–Crippen LogP) is 3.36. The third-order valence-corrected chi connectivity index (χ3v) is 6.60. The van der Waals surface area contributed by atoms with Crippen molar-refractivity contribution in [2.45, 2.75) is 36.3 Å². The van der Waals surface area contributed by atoms with Crippen LogP contribution in [0.4, 0.5) is 5.69 Å². The third-order valence-electron chi connectivity index (χ3n) is 4.94. The molecule has 0 bridgehead atoms. The quantitative estimate of drug-likeness (QED) is 0.804. The molecule has 1 saturated carbocycles. The highest BCUT2D eigenvalue weighted by Crippen LogP contribution is 2.49. The number of nitriles is 1. The minimum Gasteiger partial charge on any atom is -0.349 e. The summed E-state index contributed by atoms with van der Waals surface area (Å²) in [7, 11) is 0. The van der Waals surface area contributed by atoms with Gasteiger partial charge in [-0.3, -0.25) is 4.79 Å². The Kier molecular flexibility index (Phi) is 4.61. The molecule has 1 aliphatic carbocycles. The molecule has 4 rings (SSSR count). The summed E-state index contributed by atoms with van der Waals surface area (Å²) in [4.78, 5) is 12.1. The summed E-state index contributed by atoms with van der Waals surface area (Å²) in [6, 6.07) is 9.18. The van der Waals surface area contributed by atoms with Gasteiger partial charge in [0, 0.05) is 23.6 Å². The second-order valence-corrected chi connectivity index (χ2v) is 8.44. The minimum absolute atomic E-state index is 0.101. The number of nitrogens with one attached hydrogen (secondary N) is 2. The van der Waals surface area contributed by atoms with E-state index >= 15 is 0 Å². The van der Waals surface area contributed by atoms with Crippen LogP contribution in [0.15, 0.2) is 34.9 Å². The molecule has 0 radical (unpaired) electrons. The first-order chi connectivity index (χ1) is 12.5. The number of rotatable bonds is 2. The van der Waals surface area contributed by atoms with Gasteiger partial charge in [0.15, 0.2) is 5.79 Å². The van der Waals surface area contributed by atoms with Gasteiger partial charge in [0.2, 0.25) is 0 Å². The van der Waals surface area contributed by atoms with Gasteiger partial charge in [0.25, 0.3) is 5.91 Å². The fourth-order valence-corrected chi connectivity index (χ4v) is 5.02. The summed E-state index contributed by atoms with van der Waals surface area (Å²) >= 11 is 7.43. The molecule has 3 aliphatic rings. The number of hydrogen-bond acceptors (Lipinski definition) is 6. The zero-order valence-electron chi connectivity index (χ0n) is 14.0. The Labute approximate surface area is 160 Å². The molecule has 2 spiro atoms. The second kappa shape index (κ2) is 6.78. The molecule has 8 heteroatoms. The maximum absolute atomic E-state index is 12.5. The number of hydrogen-bond donors (Lipinski definition) is 2. The standard InChI is InChI=1S/C18H18ClN3O3S/c19-12-1-3-13(4-2-12)21-16-14(11-20)15(23)22-17(26-16)5-7-18(8-6-17)24-9-10-25-18/h1-4,21H,5-10H2,(H,22,23). The number of benzene rings is 1. The van der Waals surface area contributed by atoms with Crippen molar-refractivity contribution in [3.05, 3.63) is 39.9 Å². The summed E-state index contributed by atoms with van der Waals surface area (Å²) in [5.41, 5.74) is 0.883. The van der Waals surface area contributed by atoms with E-state index in [9.17, 15) is 10.1 Å². The molecule has 6 nitrogen and oxygen atoms in total. The highest BCUT2D eigenvalue weighted by Gasteiger charge is 2.50. The number of nitrogens with zero attached hydrogens (tertiary/aromatic N) is 1. The van der Waals surface area contributed by atoms with E-state index in [0.717, 1.165) is 18.5 Å². The van der Waals surface area contributed by atoms with E-state index in [1.807, 2.05) is 18.2 Å². The van der Waals surface area contributed by atoms with Gasteiger partial charge < -0.3 is 20.1 Å². The van der Waals surface area contributed by atoms with Crippen molar-refractivity contribution >= 4 is 35.0 Å². The average molecular weight is 392 g/mol. The summed E-state index contributed by atoms with van der Waals surface area (Å²) in [5, 5.41) is 16.9. The predicted molar refractivity (Wildman–Crippen MR) is 99.3 cm³/mol. The number of carbonyl (C=O) groups excluding carboxylic acids is 1. The number of amides is 1. The lowest BCUT2D eigenvalue weighted by molar-refractivity contribution is -0.181. The Morgan fingerprint density at radius 1 is 1.15 bits per heavy atom. The first-order valence-corrected chi connectivity index (χ1v) is 9.69. The molecule has 0 atom stereocenters. The lowest BCUT2D eigenvalue weighted by Crippen LogP contribution is -2.54. The van der Waals surface area contributed by atoms with Crippen LogP contribution in [0.2, 0.25) is 5.02 Å². The maximum atomic E-state index is 12.5. The number of carbonyl (C=O) groups is 1. The third kappa shape index (κ3) is 3.30. The molecule has 0 unspecified atom stereocenters. The van der Waals surface area contributed by atoms with Gasteiger partial charge in [-0.05, 0) is 37.1 Å². The zero-order valence-corrected chi connectivity index (χ0v) is 15.6. The Morgan fingerprint density at radius 2 is 1.81 bits per heavy atom. The van der Waals surface area contributed by atoms with Crippen molar-refractivity contribution < 1.29 is 14.3 Å². The summed E-state index contributed by atoms with van der Waals surface area (Å²) < 4.78 is 11.6. The van der Waals surface area contributed by atoms with E-state index < -0.39 is 10.7 Å². The van der Waals surface area contributed by atoms with Crippen LogP contribution in [0.3, 0.4) is 0 Å². The van der Waals surface area contributed by atoms with Crippen molar-refractivity contribution in [1.29, 1.82) is 5.26 Å². The van der Waals surface area contributed by atoms with Gasteiger partial charge >= 0.3 is 0 Å². The molecule has 1 aromatic carbocycles. The van der Waals surface area contributed by atoms with Gasteiger partial charge in [0.05, 0.1) is 23.1 Å². The lowest BCUT2D eigenvalue weighted by Gasteiger charge is -2.45. The van der Waals surface area contributed by atoms with Crippen LogP contribution in [0, 0.1) is 11.3 Å². The highest BCUT2D eigenvalue weighted by atomic mass is 35.5. The molecule has 0 aromatic heterocycles. The van der Waals surface area contributed by atoms with Gasteiger partial charge in [-0.25, -0.2) is 0 Å². The summed E-state index contributed by atoms with van der Waals surface area (Å²) in [6.45, 7) is 1.24. The topological polar surface area (TPSA) is 83.4 Å². The lowest BCUT2D eigenvalue weighted by atomic mass is 9.89. The molecule has 136 valence electrons. The van der Waals surface area contributed by atoms with Gasteiger partial charge in [-0.15, -0.1) is 0 Å². The number of thioether (sulfide) groups is 1. The summed E-state index contributed by atoms with van der Waals surface area (Å²) in [6.07, 6.45) is 2.87. The van der Waals surface area contributed by atoms with Crippen molar-refractivity contribution in [2.75, 3.05) is 18.5 Å². The van der Waals surface area contributed by atoms with Crippen LogP contribution >= 0.6 is 23.4 Å². The molecule has 26 heavy (non-hydrogen) atoms. The van der Waals surface area contributed by atoms with Crippen molar-refractivity contribution in [3.63, 3.8) is 0 Å². The van der Waals surface area contributed by atoms with Crippen LogP contribution in [-0.2, 0) is 14.3 Å². The Morgan fingerprint density at radius 3 is 2.42 bits per heavy atom. The molecular formula is C18H18ClN3O3S. The monoisotopic (exact) mass is 391 g/mol. The molecular weight excluding hydrogens is 374 g/mol. The van der Waals surface area contributed by atoms with Crippen molar-refractivity contribution in [1.82, 2.24) is 5.32 Å². The first kappa shape index (κ1) is 17.7. The van der Waals surface area contributed by atoms with Gasteiger partial charge in [-0.2, -0.15) is 5.26 Å². The van der Waals surface area contributed by atoms with E-state index in [4.69, 9.17) is 21.1 Å². The first-order valence-electron chi connectivity index (χ1n) is 8.50. The molecule has 2 aliphatic heterocycles. The van der Waals surface area contributed by atoms with E-state index in [1.165, 1.54) is 11.8 Å². The Balaban J connectivity index is 1.55. The molecule has 1 saturated heterocycles. The van der Waals surface area contributed by atoms with E-state index in [0.29, 0.717) is 36.1 Å². The zero-order chi connectivity index (χ0) is 18.2. The molecule has 2 fully saturated rings. The SMILES string of the molecule is N#CC1=C(Nc2ccc(Cl)cc2)SC2(CCC3(CC2)OCCO3)NC1=O. The fraction of sp³-hybridized carbons (Fsp3) is 0.444. The van der Waals surface area contributed by atoms with Crippen molar-refractivity contribution in [2.24, 2.45) is 0 Å². The smallest absolute Gasteiger partial charge is 0.265 e. The van der Waals surface area contributed by atoms with Crippen LogP contribution in [0.5, 0.6) is 0 Å². The number of anilines is 1. The van der Waals surface area contributed by atoms with Gasteiger partial charge in [0.1, 0.15) is 11.6 Å². The van der Waals surface area contributed by atoms with E-state index in [2.05, 4.69) is 10.6 Å². The molecule has 1 aromatic rings. The average Bonchev–Trinajstić information content (AvgIpc) is 3.09. The number of halogens is 1. The normalized spacial score (nSPS) is 23.8. The molecule has 2 heterocycles. The largest absolute Gasteiger partial charge is 0.349 e. The van der Waals surface area contributed by atoms with Crippen LogP contribution < -0.4 is 10.6 Å². The molecule has 2 N–H and O–H groups in total. The molecule has 1 amide bonds. The van der Waals surface area contributed by atoms with E-state index in [-0.39, 0.29) is 11.5 Å². The van der Waals surface area contributed by atoms with Crippen molar-refractivity contribution in [3.8, 4) is 6.07 Å².